The van der Waals surface area contributed by atoms with Crippen LogP contribution in [-0.2, 0) is 4.79 Å². The first-order valence-electron chi connectivity index (χ1n) is 7.16. The molecule has 1 heterocycles. The molecule has 1 N–H and O–H groups in total. The van der Waals surface area contributed by atoms with Crippen LogP contribution in [0.25, 0.3) is 10.9 Å². The minimum absolute atomic E-state index is 0.0791. The Bertz CT molecular complexity index is 859. The molecule has 3 aromatic rings. The van der Waals surface area contributed by atoms with Gasteiger partial charge < -0.3 is 10.1 Å². The minimum atomic E-state index is -0.240. The molecule has 0 bridgehead atoms. The van der Waals surface area contributed by atoms with Crippen molar-refractivity contribution in [1.29, 1.82) is 0 Å². The summed E-state index contributed by atoms with van der Waals surface area (Å²) in [5, 5.41) is 4.47. The summed E-state index contributed by atoms with van der Waals surface area (Å²) in [7, 11) is 0. The highest BCUT2D eigenvalue weighted by Gasteiger charge is 2.08. The maximum Gasteiger partial charge on any atom is 0.262 e. The minimum Gasteiger partial charge on any atom is -0.484 e. The third kappa shape index (κ3) is 3.60. The molecule has 1 aromatic heterocycles. The van der Waals surface area contributed by atoms with E-state index in [1.54, 1.807) is 24.4 Å². The highest BCUT2D eigenvalue weighted by Crippen LogP contribution is 2.22. The molecule has 1 amide bonds. The van der Waals surface area contributed by atoms with Gasteiger partial charge in [0.25, 0.3) is 5.91 Å². The predicted molar refractivity (Wildman–Crippen MR) is 92.1 cm³/mol. The topological polar surface area (TPSA) is 51.2 Å². The summed E-state index contributed by atoms with van der Waals surface area (Å²) in [5.74, 6) is 0.369. The molecule has 0 aliphatic rings. The molecule has 4 nitrogen and oxygen atoms in total. The number of amides is 1. The number of aryl methyl sites for hydroxylation is 1. The molecule has 0 radical (unpaired) electrons. The Morgan fingerprint density at radius 1 is 1.22 bits per heavy atom. The van der Waals surface area contributed by atoms with Gasteiger partial charge in [0, 0.05) is 16.6 Å². The van der Waals surface area contributed by atoms with E-state index in [4.69, 9.17) is 16.3 Å². The number of nitrogens with one attached hydrogen (secondary N) is 1. The Morgan fingerprint density at radius 2 is 2.04 bits per heavy atom. The van der Waals surface area contributed by atoms with Gasteiger partial charge in [-0.3, -0.25) is 9.78 Å². The van der Waals surface area contributed by atoms with Gasteiger partial charge in [0.15, 0.2) is 6.61 Å². The van der Waals surface area contributed by atoms with Crippen molar-refractivity contribution < 1.29 is 9.53 Å². The predicted octanol–water partition coefficient (Wildman–Crippen LogP) is 4.21. The van der Waals surface area contributed by atoms with Crippen LogP contribution in [0.15, 0.2) is 54.7 Å². The number of ether oxygens (including phenoxy) is 1. The summed E-state index contributed by atoms with van der Waals surface area (Å²) in [6.07, 6.45) is 1.70. The lowest BCUT2D eigenvalue weighted by Crippen LogP contribution is -2.20. The number of rotatable bonds is 4. The van der Waals surface area contributed by atoms with Crippen LogP contribution in [0.5, 0.6) is 5.75 Å². The molecule has 5 heteroatoms. The maximum absolute atomic E-state index is 12.1. The van der Waals surface area contributed by atoms with Crippen LogP contribution in [0.2, 0.25) is 5.02 Å². The number of hydrogen-bond donors (Lipinski definition) is 1. The summed E-state index contributed by atoms with van der Waals surface area (Å²) in [6.45, 7) is 1.81. The maximum atomic E-state index is 12.1. The monoisotopic (exact) mass is 326 g/mol. The number of carbonyl (C=O) groups excluding carboxylic acids is 1. The zero-order valence-corrected chi connectivity index (χ0v) is 13.3. The van der Waals surface area contributed by atoms with Gasteiger partial charge in [-0.15, -0.1) is 0 Å². The number of benzene rings is 2. The first-order valence-corrected chi connectivity index (χ1v) is 7.54. The standard InChI is InChI=1S/C18H15ClN2O2/c1-12-10-14(7-8-15(12)19)23-11-17(22)21-16-6-2-4-13-5-3-9-20-18(13)16/h2-10H,11H2,1H3,(H,21,22). The van der Waals surface area contributed by atoms with E-state index in [-0.39, 0.29) is 12.5 Å². The second kappa shape index (κ2) is 6.67. The lowest BCUT2D eigenvalue weighted by molar-refractivity contribution is -0.118. The van der Waals surface area contributed by atoms with Gasteiger partial charge in [0.1, 0.15) is 5.75 Å². The quantitative estimate of drug-likeness (QED) is 0.781. The van der Waals surface area contributed by atoms with Crippen molar-refractivity contribution in [2.24, 2.45) is 0 Å². The average molecular weight is 327 g/mol. The van der Waals surface area contributed by atoms with Gasteiger partial charge in [-0.05, 0) is 42.8 Å². The largest absolute Gasteiger partial charge is 0.484 e. The molecule has 2 aromatic carbocycles. The summed E-state index contributed by atoms with van der Waals surface area (Å²) in [5.41, 5.74) is 2.33. The molecule has 0 fully saturated rings. The zero-order chi connectivity index (χ0) is 16.2. The first kappa shape index (κ1) is 15.3. The molecular weight excluding hydrogens is 312 g/mol. The van der Waals surface area contributed by atoms with Gasteiger partial charge >= 0.3 is 0 Å². The lowest BCUT2D eigenvalue weighted by atomic mass is 10.2. The van der Waals surface area contributed by atoms with E-state index in [0.717, 1.165) is 16.5 Å². The van der Waals surface area contributed by atoms with E-state index in [9.17, 15) is 4.79 Å². The van der Waals surface area contributed by atoms with Crippen LogP contribution in [-0.4, -0.2) is 17.5 Å². The van der Waals surface area contributed by atoms with E-state index >= 15 is 0 Å². The van der Waals surface area contributed by atoms with Crippen LogP contribution < -0.4 is 10.1 Å². The van der Waals surface area contributed by atoms with E-state index in [1.807, 2.05) is 37.3 Å². The molecule has 0 spiro atoms. The summed E-state index contributed by atoms with van der Waals surface area (Å²) >= 11 is 5.96. The van der Waals surface area contributed by atoms with E-state index in [2.05, 4.69) is 10.3 Å². The number of anilines is 1. The van der Waals surface area contributed by atoms with Crippen molar-refractivity contribution in [3.63, 3.8) is 0 Å². The number of halogens is 1. The lowest BCUT2D eigenvalue weighted by Gasteiger charge is -2.10. The van der Waals surface area contributed by atoms with Crippen LogP contribution in [0, 0.1) is 6.92 Å². The van der Waals surface area contributed by atoms with Crippen molar-refractivity contribution in [2.75, 3.05) is 11.9 Å². The fourth-order valence-electron chi connectivity index (χ4n) is 2.25. The molecule has 0 aliphatic heterocycles. The van der Waals surface area contributed by atoms with Crippen molar-refractivity contribution in [1.82, 2.24) is 4.98 Å². The smallest absolute Gasteiger partial charge is 0.262 e. The van der Waals surface area contributed by atoms with Crippen molar-refractivity contribution in [3.8, 4) is 5.75 Å². The Hall–Kier alpha value is -2.59. The SMILES string of the molecule is Cc1cc(OCC(=O)Nc2cccc3cccnc23)ccc1Cl. The van der Waals surface area contributed by atoms with Gasteiger partial charge in [0.05, 0.1) is 11.2 Å². The van der Waals surface area contributed by atoms with Crippen molar-refractivity contribution in [3.05, 3.63) is 65.3 Å². The average Bonchev–Trinajstić information content (AvgIpc) is 2.56. The van der Waals surface area contributed by atoms with Crippen molar-refractivity contribution in [2.45, 2.75) is 6.92 Å². The van der Waals surface area contributed by atoms with Crippen LogP contribution in [0.1, 0.15) is 5.56 Å². The second-order valence-electron chi connectivity index (χ2n) is 5.13. The van der Waals surface area contributed by atoms with E-state index < -0.39 is 0 Å². The molecule has 0 atom stereocenters. The van der Waals surface area contributed by atoms with Gasteiger partial charge in [0.2, 0.25) is 0 Å². The number of fused-ring (bicyclic) bond motifs is 1. The van der Waals surface area contributed by atoms with Gasteiger partial charge in [-0.2, -0.15) is 0 Å². The van der Waals surface area contributed by atoms with Gasteiger partial charge in [-0.1, -0.05) is 29.8 Å². The van der Waals surface area contributed by atoms with Gasteiger partial charge in [-0.25, -0.2) is 0 Å². The summed E-state index contributed by atoms with van der Waals surface area (Å²) in [6, 6.07) is 14.7. The summed E-state index contributed by atoms with van der Waals surface area (Å²) < 4.78 is 5.50. The molecule has 0 aliphatic carbocycles. The molecule has 23 heavy (non-hydrogen) atoms. The number of nitrogens with zero attached hydrogens (tertiary/aromatic N) is 1. The summed E-state index contributed by atoms with van der Waals surface area (Å²) in [4.78, 5) is 16.4. The molecule has 0 saturated carbocycles. The molecule has 116 valence electrons. The Kier molecular flexibility index (Phi) is 4.44. The normalized spacial score (nSPS) is 10.5. The molecular formula is C18H15ClN2O2. The number of hydrogen-bond acceptors (Lipinski definition) is 3. The number of pyridine rings is 1. The fourth-order valence-corrected chi connectivity index (χ4v) is 2.36. The van der Waals surface area contributed by atoms with Crippen molar-refractivity contribution >= 4 is 34.1 Å². The molecule has 3 rings (SSSR count). The van der Waals surface area contributed by atoms with E-state index in [1.165, 1.54) is 0 Å². The Morgan fingerprint density at radius 3 is 2.87 bits per heavy atom. The van der Waals surface area contributed by atoms with Crippen LogP contribution in [0.3, 0.4) is 0 Å². The Balaban J connectivity index is 1.68. The first-order chi connectivity index (χ1) is 11.1. The number of carbonyl (C=O) groups is 1. The third-order valence-electron chi connectivity index (χ3n) is 3.41. The number of para-hydroxylation sites is 1. The third-order valence-corrected chi connectivity index (χ3v) is 3.83. The fraction of sp³-hybridized carbons (Fsp3) is 0.111. The molecule has 0 saturated heterocycles. The van der Waals surface area contributed by atoms with E-state index in [0.29, 0.717) is 16.5 Å². The Labute approximate surface area is 139 Å². The number of aromatic nitrogens is 1. The highest BCUT2D eigenvalue weighted by atomic mass is 35.5. The van der Waals surface area contributed by atoms with Crippen LogP contribution in [0.4, 0.5) is 5.69 Å². The highest BCUT2D eigenvalue weighted by molar-refractivity contribution is 6.31. The van der Waals surface area contributed by atoms with Crippen LogP contribution >= 0.6 is 11.6 Å². The molecule has 0 unspecified atom stereocenters. The zero-order valence-electron chi connectivity index (χ0n) is 12.5. The second-order valence-corrected chi connectivity index (χ2v) is 5.54.